The molecule has 0 spiro atoms. The first-order valence-corrected chi connectivity index (χ1v) is 23.7. The highest BCUT2D eigenvalue weighted by Crippen LogP contribution is 2.46. The number of hydrogen-bond donors (Lipinski definition) is 0. The summed E-state index contributed by atoms with van der Waals surface area (Å²) in [6.45, 7) is 12.2. The molecule has 3 aliphatic heterocycles. The fraction of sp³-hybridized carbons (Fsp3) is 0.389. The van der Waals surface area contributed by atoms with Crippen LogP contribution in [-0.4, -0.2) is 103 Å². The molecule has 0 radical (unpaired) electrons. The molecule has 9 rings (SSSR count). The second-order valence-electron chi connectivity index (χ2n) is 18.8. The van der Waals surface area contributed by atoms with Crippen LogP contribution in [0.5, 0.6) is 17.2 Å². The maximum atomic E-state index is 15.1. The lowest BCUT2D eigenvalue weighted by Crippen LogP contribution is -2.58. The molecule has 0 bridgehead atoms. The van der Waals surface area contributed by atoms with E-state index in [4.69, 9.17) is 23.7 Å². The monoisotopic (exact) mass is 941 g/mol. The minimum absolute atomic E-state index is 0.0112. The van der Waals surface area contributed by atoms with E-state index in [9.17, 15) is 4.39 Å². The Kier molecular flexibility index (Phi) is 13.8. The SMILES string of the molecule is COc1ccc(CC2(Cc3ccc(OC)cc3)[C@H](C(C)C)N(C(C)C)C(=O)N2c2ccc(N3CCN(c4ccc(OC[C@H]5OC[C@](Cn6cncn6)(c6ccc(F)cc6F)O5)cc4)CC3)cc2)cc1. The molecule has 3 aliphatic rings. The van der Waals surface area contributed by atoms with E-state index >= 15 is 9.18 Å². The number of amides is 2. The molecule has 69 heavy (non-hydrogen) atoms. The van der Waals surface area contributed by atoms with Gasteiger partial charge in [0.15, 0.2) is 6.29 Å². The van der Waals surface area contributed by atoms with E-state index in [1.54, 1.807) is 14.2 Å². The minimum Gasteiger partial charge on any atom is -0.497 e. The van der Waals surface area contributed by atoms with Crippen LogP contribution >= 0.6 is 0 Å². The average molecular weight is 942 g/mol. The van der Waals surface area contributed by atoms with Crippen molar-refractivity contribution in [2.75, 3.05) is 68.3 Å². The van der Waals surface area contributed by atoms with Crippen molar-refractivity contribution in [2.45, 2.75) is 76.6 Å². The van der Waals surface area contributed by atoms with E-state index in [0.717, 1.165) is 71.9 Å². The van der Waals surface area contributed by atoms with Crippen LogP contribution in [0, 0.1) is 17.6 Å². The smallest absolute Gasteiger partial charge is 0.325 e. The third-order valence-electron chi connectivity index (χ3n) is 13.7. The normalized spacial score (nSPS) is 20.3. The number of rotatable bonds is 17. The summed E-state index contributed by atoms with van der Waals surface area (Å²) < 4.78 is 59.9. The molecule has 3 atom stereocenters. The molecular weight excluding hydrogens is 881 g/mol. The predicted molar refractivity (Wildman–Crippen MR) is 261 cm³/mol. The molecule has 0 saturated carbocycles. The number of aromatic nitrogens is 3. The Bertz CT molecular complexity index is 2600. The van der Waals surface area contributed by atoms with E-state index in [2.05, 4.69) is 106 Å². The van der Waals surface area contributed by atoms with Crippen LogP contribution < -0.4 is 28.9 Å². The molecule has 4 heterocycles. The quantitative estimate of drug-likeness (QED) is 0.0880. The van der Waals surface area contributed by atoms with Crippen LogP contribution in [0.2, 0.25) is 0 Å². The fourth-order valence-corrected chi connectivity index (χ4v) is 10.6. The molecule has 3 saturated heterocycles. The van der Waals surface area contributed by atoms with E-state index in [1.165, 1.54) is 29.5 Å². The number of nitrogens with zero attached hydrogens (tertiary/aromatic N) is 7. The number of benzene rings is 5. The first-order chi connectivity index (χ1) is 33.4. The van der Waals surface area contributed by atoms with E-state index in [-0.39, 0.29) is 49.4 Å². The van der Waals surface area contributed by atoms with Crippen LogP contribution in [0.15, 0.2) is 128 Å². The second-order valence-corrected chi connectivity index (χ2v) is 18.8. The average Bonchev–Trinajstić information content (AvgIpc) is 4.09. The van der Waals surface area contributed by atoms with Gasteiger partial charge in [-0.25, -0.2) is 23.2 Å². The van der Waals surface area contributed by atoms with Gasteiger partial charge in [-0.1, -0.05) is 44.2 Å². The topological polar surface area (TPSA) is 107 Å². The Morgan fingerprint density at radius 2 is 1.28 bits per heavy atom. The van der Waals surface area contributed by atoms with Crippen molar-refractivity contribution in [3.8, 4) is 17.2 Å². The van der Waals surface area contributed by atoms with E-state index < -0.39 is 29.1 Å². The zero-order chi connectivity index (χ0) is 48.3. The number of piperazine rings is 1. The molecule has 2 amide bonds. The van der Waals surface area contributed by atoms with Gasteiger partial charge < -0.3 is 38.4 Å². The van der Waals surface area contributed by atoms with Crippen molar-refractivity contribution in [3.63, 3.8) is 0 Å². The lowest BCUT2D eigenvalue weighted by Gasteiger charge is -2.44. The number of ether oxygens (including phenoxy) is 5. The Hall–Kier alpha value is -6.71. The number of carbonyl (C=O) groups excluding carboxylic acids is 1. The summed E-state index contributed by atoms with van der Waals surface area (Å²) in [5.74, 6) is 0.986. The molecule has 0 aliphatic carbocycles. The number of urea groups is 1. The summed E-state index contributed by atoms with van der Waals surface area (Å²) in [4.78, 5) is 28.0. The zero-order valence-corrected chi connectivity index (χ0v) is 40.1. The first-order valence-electron chi connectivity index (χ1n) is 23.7. The number of halogens is 2. The van der Waals surface area contributed by atoms with Gasteiger partial charge in [0.2, 0.25) is 0 Å². The minimum atomic E-state index is -1.25. The van der Waals surface area contributed by atoms with Crippen molar-refractivity contribution in [1.82, 2.24) is 19.7 Å². The largest absolute Gasteiger partial charge is 0.497 e. The Morgan fingerprint density at radius 3 is 1.78 bits per heavy atom. The van der Waals surface area contributed by atoms with Crippen LogP contribution in [0.25, 0.3) is 0 Å². The predicted octanol–water partition coefficient (Wildman–Crippen LogP) is 9.15. The number of anilines is 3. The van der Waals surface area contributed by atoms with Gasteiger partial charge in [0.25, 0.3) is 0 Å². The second kappa shape index (κ2) is 20.1. The van der Waals surface area contributed by atoms with Crippen LogP contribution in [0.1, 0.15) is 44.4 Å². The molecule has 0 unspecified atom stereocenters. The lowest BCUT2D eigenvalue weighted by molar-refractivity contribution is -0.117. The Labute approximate surface area is 403 Å². The van der Waals surface area contributed by atoms with E-state index in [1.807, 2.05) is 48.5 Å². The van der Waals surface area contributed by atoms with Gasteiger partial charge in [0.05, 0.1) is 39.0 Å². The Balaban J connectivity index is 0.874. The Morgan fingerprint density at radius 1 is 0.725 bits per heavy atom. The summed E-state index contributed by atoms with van der Waals surface area (Å²) in [6.07, 6.45) is 3.39. The lowest BCUT2D eigenvalue weighted by atomic mass is 9.73. The van der Waals surface area contributed by atoms with Crippen molar-refractivity contribution in [1.29, 1.82) is 0 Å². The molecule has 15 heteroatoms. The van der Waals surface area contributed by atoms with Crippen molar-refractivity contribution in [2.24, 2.45) is 5.92 Å². The van der Waals surface area contributed by atoms with Crippen LogP contribution in [0.3, 0.4) is 0 Å². The molecule has 362 valence electrons. The molecule has 6 aromatic rings. The fourth-order valence-electron chi connectivity index (χ4n) is 10.6. The van der Waals surface area contributed by atoms with Gasteiger partial charge in [-0.2, -0.15) is 5.10 Å². The van der Waals surface area contributed by atoms with Gasteiger partial charge in [-0.05, 0) is 123 Å². The van der Waals surface area contributed by atoms with Gasteiger partial charge >= 0.3 is 6.03 Å². The number of methoxy groups -OCH3 is 2. The van der Waals surface area contributed by atoms with Gasteiger partial charge in [-0.15, -0.1) is 0 Å². The highest BCUT2D eigenvalue weighted by atomic mass is 19.1. The molecule has 0 N–H and O–H groups in total. The number of hydrogen-bond acceptors (Lipinski definition) is 10. The molecular formula is C54H61F2N7O6. The molecule has 13 nitrogen and oxygen atoms in total. The summed E-state index contributed by atoms with van der Waals surface area (Å²) in [5, 5.41) is 4.16. The highest BCUT2D eigenvalue weighted by molar-refractivity contribution is 5.97. The molecule has 1 aromatic heterocycles. The summed E-state index contributed by atoms with van der Waals surface area (Å²) >= 11 is 0. The standard InChI is InChI=1S/C54H61F2N7O6/c1-37(2)51-53(30-39-7-18-45(65-5)19-8-39,31-40-9-20-46(66-6)21-10-40)63(52(64)62(51)38(3)4)44-14-12-42(13-15-44)59-25-27-60(28-26-59)43-16-22-47(23-17-43)67-32-50-68-34-54(69-50,33-61-36-57-35-58-61)48-24-11-41(55)29-49(48)56/h7-24,29,35-38,50-51H,25-28,30-34H2,1-6H3/t50-,51-,54+/m0/s1. The van der Waals surface area contributed by atoms with Crippen molar-refractivity contribution < 1.29 is 37.3 Å². The third kappa shape index (κ3) is 9.80. The highest BCUT2D eigenvalue weighted by Gasteiger charge is 2.59. The van der Waals surface area contributed by atoms with Crippen molar-refractivity contribution >= 4 is 23.1 Å². The summed E-state index contributed by atoms with van der Waals surface area (Å²) in [7, 11) is 3.35. The summed E-state index contributed by atoms with van der Waals surface area (Å²) in [6, 6.07) is 36.3. The zero-order valence-electron chi connectivity index (χ0n) is 40.1. The van der Waals surface area contributed by atoms with Gasteiger partial charge in [0, 0.05) is 60.9 Å². The summed E-state index contributed by atoms with van der Waals surface area (Å²) in [5.41, 5.74) is 3.62. The van der Waals surface area contributed by atoms with Gasteiger partial charge in [-0.3, -0.25) is 4.90 Å². The number of carbonyl (C=O) groups is 1. The third-order valence-corrected chi connectivity index (χ3v) is 13.7. The van der Waals surface area contributed by atoms with Crippen LogP contribution in [-0.2, 0) is 34.5 Å². The molecule has 5 aromatic carbocycles. The van der Waals surface area contributed by atoms with E-state index in [0.29, 0.717) is 18.6 Å². The molecule has 3 fully saturated rings. The first kappa shape index (κ1) is 47.4. The maximum Gasteiger partial charge on any atom is 0.325 e. The van der Waals surface area contributed by atoms with Gasteiger partial charge in [0.1, 0.15) is 53.7 Å². The van der Waals surface area contributed by atoms with Crippen molar-refractivity contribution in [3.05, 3.63) is 156 Å². The maximum absolute atomic E-state index is 15.1. The van der Waals surface area contributed by atoms with Crippen LogP contribution in [0.4, 0.5) is 30.6 Å².